The molecule has 1 fully saturated rings. The van der Waals surface area contributed by atoms with Crippen molar-refractivity contribution in [1.29, 1.82) is 0 Å². The Morgan fingerprint density at radius 1 is 0.931 bits per heavy atom. The summed E-state index contributed by atoms with van der Waals surface area (Å²) in [6.45, 7) is 5.31. The molecule has 1 aliphatic rings. The quantitative estimate of drug-likeness (QED) is 0.511. The normalized spacial score (nSPS) is 16.0. The fourth-order valence-corrected chi connectivity index (χ4v) is 4.99. The van der Waals surface area contributed by atoms with Gasteiger partial charge in [-0.3, -0.25) is 4.79 Å². The molecule has 5 heteroatoms. The van der Waals surface area contributed by atoms with Crippen LogP contribution in [0, 0.1) is 0 Å². The van der Waals surface area contributed by atoms with E-state index in [1.165, 1.54) is 24.8 Å². The summed E-state index contributed by atoms with van der Waals surface area (Å²) in [5, 5.41) is 3.16. The first kappa shape index (κ1) is 23.9. The second-order valence-corrected chi connectivity index (χ2v) is 12.3. The van der Waals surface area contributed by atoms with Gasteiger partial charge >= 0.3 is 0 Å². The Morgan fingerprint density at radius 2 is 1.52 bits per heavy atom. The maximum Gasteiger partial charge on any atom is 0.251 e. The SMILES string of the molecule is CC(C)(C)S(=O)(=O)CCCCCCCc1ccc(C(=O)NC2CCCCC2)cc1. The summed E-state index contributed by atoms with van der Waals surface area (Å²) in [4.78, 5) is 12.4. The van der Waals surface area contributed by atoms with Gasteiger partial charge in [-0.1, -0.05) is 50.7 Å². The topological polar surface area (TPSA) is 63.2 Å². The van der Waals surface area contributed by atoms with Gasteiger partial charge in [-0.25, -0.2) is 8.42 Å². The van der Waals surface area contributed by atoms with Crippen LogP contribution in [0.5, 0.6) is 0 Å². The van der Waals surface area contributed by atoms with Crippen LogP contribution in [0.15, 0.2) is 24.3 Å². The average molecular weight is 422 g/mol. The number of nitrogens with one attached hydrogen (secondary N) is 1. The van der Waals surface area contributed by atoms with Gasteiger partial charge in [0.15, 0.2) is 9.84 Å². The van der Waals surface area contributed by atoms with Gasteiger partial charge in [0.25, 0.3) is 5.91 Å². The molecule has 0 saturated heterocycles. The Hall–Kier alpha value is -1.36. The summed E-state index contributed by atoms with van der Waals surface area (Å²) < 4.78 is 23.5. The van der Waals surface area contributed by atoms with E-state index in [1.807, 2.05) is 12.1 Å². The van der Waals surface area contributed by atoms with E-state index in [4.69, 9.17) is 0 Å². The highest BCUT2D eigenvalue weighted by Crippen LogP contribution is 2.19. The summed E-state index contributed by atoms with van der Waals surface area (Å²) in [6, 6.07) is 8.34. The minimum Gasteiger partial charge on any atom is -0.349 e. The van der Waals surface area contributed by atoms with Crippen molar-refractivity contribution < 1.29 is 13.2 Å². The standard InChI is InChI=1S/C24H39NO3S/c1-24(2,3)29(27,28)19-11-6-4-5-8-12-20-15-17-21(18-16-20)23(26)25-22-13-9-7-10-14-22/h15-18,22H,4-14,19H2,1-3H3,(H,25,26). The lowest BCUT2D eigenvalue weighted by atomic mass is 9.95. The van der Waals surface area contributed by atoms with Crippen molar-refractivity contribution in [3.63, 3.8) is 0 Å². The Bertz CT molecular complexity index is 726. The van der Waals surface area contributed by atoms with Crippen molar-refractivity contribution >= 4 is 15.7 Å². The van der Waals surface area contributed by atoms with Crippen LogP contribution in [0.25, 0.3) is 0 Å². The number of aryl methyl sites for hydroxylation is 1. The summed E-state index contributed by atoms with van der Waals surface area (Å²) in [6.07, 6.45) is 11.9. The minimum absolute atomic E-state index is 0.0497. The first-order chi connectivity index (χ1) is 13.7. The third kappa shape index (κ3) is 8.12. The van der Waals surface area contributed by atoms with Crippen LogP contribution >= 0.6 is 0 Å². The van der Waals surface area contributed by atoms with Crippen LogP contribution in [0.4, 0.5) is 0 Å². The zero-order valence-electron chi connectivity index (χ0n) is 18.5. The number of amides is 1. The van der Waals surface area contributed by atoms with E-state index in [2.05, 4.69) is 17.4 Å². The van der Waals surface area contributed by atoms with Crippen LogP contribution in [-0.4, -0.2) is 30.9 Å². The molecule has 0 unspecified atom stereocenters. The van der Waals surface area contributed by atoms with E-state index in [0.29, 0.717) is 11.8 Å². The predicted molar refractivity (Wildman–Crippen MR) is 121 cm³/mol. The number of benzene rings is 1. The van der Waals surface area contributed by atoms with Crippen molar-refractivity contribution in [2.24, 2.45) is 0 Å². The van der Waals surface area contributed by atoms with Gasteiger partial charge in [-0.15, -0.1) is 0 Å². The van der Waals surface area contributed by atoms with Crippen molar-refractivity contribution in [2.45, 2.75) is 102 Å². The highest BCUT2D eigenvalue weighted by molar-refractivity contribution is 7.92. The maximum absolute atomic E-state index is 12.4. The van der Waals surface area contributed by atoms with Gasteiger partial charge < -0.3 is 5.32 Å². The van der Waals surface area contributed by atoms with E-state index in [0.717, 1.165) is 56.9 Å². The van der Waals surface area contributed by atoms with Gasteiger partial charge in [-0.05, 0) is 70.6 Å². The second-order valence-electron chi connectivity index (χ2n) is 9.45. The molecule has 0 spiro atoms. The van der Waals surface area contributed by atoms with Crippen LogP contribution in [0.2, 0.25) is 0 Å². The number of rotatable bonds is 10. The number of carbonyl (C=O) groups excluding carboxylic acids is 1. The molecule has 1 N–H and O–H groups in total. The third-order valence-corrected chi connectivity index (χ3v) is 8.66. The maximum atomic E-state index is 12.4. The molecular weight excluding hydrogens is 382 g/mol. The summed E-state index contributed by atoms with van der Waals surface area (Å²) in [5.41, 5.74) is 2.01. The van der Waals surface area contributed by atoms with E-state index in [9.17, 15) is 13.2 Å². The van der Waals surface area contributed by atoms with Gasteiger partial charge in [0.1, 0.15) is 0 Å². The number of hydrogen-bond donors (Lipinski definition) is 1. The molecule has 1 aromatic carbocycles. The van der Waals surface area contributed by atoms with E-state index in [-0.39, 0.29) is 5.91 Å². The van der Waals surface area contributed by atoms with Crippen molar-refractivity contribution in [1.82, 2.24) is 5.32 Å². The highest BCUT2D eigenvalue weighted by Gasteiger charge is 2.27. The number of hydrogen-bond acceptors (Lipinski definition) is 3. The van der Waals surface area contributed by atoms with Crippen molar-refractivity contribution in [3.05, 3.63) is 35.4 Å². The monoisotopic (exact) mass is 421 g/mol. The van der Waals surface area contributed by atoms with Crippen LogP contribution in [0.1, 0.15) is 101 Å². The summed E-state index contributed by atoms with van der Waals surface area (Å²) >= 11 is 0. The fourth-order valence-electron chi connectivity index (χ4n) is 3.80. The second kappa shape index (κ2) is 11.1. The molecule has 1 saturated carbocycles. The molecular formula is C24H39NO3S. The molecule has 1 aromatic rings. The van der Waals surface area contributed by atoms with Gasteiger partial charge in [0.2, 0.25) is 0 Å². The van der Waals surface area contributed by atoms with Crippen molar-refractivity contribution in [2.75, 3.05) is 5.75 Å². The molecule has 0 bridgehead atoms. The van der Waals surface area contributed by atoms with Gasteiger partial charge in [-0.2, -0.15) is 0 Å². The van der Waals surface area contributed by atoms with Crippen LogP contribution < -0.4 is 5.32 Å². The predicted octanol–water partition coefficient (Wildman–Crippen LogP) is 5.46. The van der Waals surface area contributed by atoms with Crippen molar-refractivity contribution in [3.8, 4) is 0 Å². The summed E-state index contributed by atoms with van der Waals surface area (Å²) in [7, 11) is -2.99. The zero-order valence-corrected chi connectivity index (χ0v) is 19.3. The molecule has 0 atom stereocenters. The third-order valence-electron chi connectivity index (χ3n) is 5.97. The Labute approximate surface area is 177 Å². The first-order valence-electron chi connectivity index (χ1n) is 11.3. The Morgan fingerprint density at radius 3 is 2.14 bits per heavy atom. The molecule has 1 aliphatic carbocycles. The molecule has 0 heterocycles. The lowest BCUT2D eigenvalue weighted by Gasteiger charge is -2.22. The van der Waals surface area contributed by atoms with Crippen LogP contribution in [0.3, 0.4) is 0 Å². The molecule has 0 radical (unpaired) electrons. The molecule has 0 aliphatic heterocycles. The smallest absolute Gasteiger partial charge is 0.251 e. The number of carbonyl (C=O) groups is 1. The number of unbranched alkanes of at least 4 members (excludes halogenated alkanes) is 4. The molecule has 164 valence electrons. The fraction of sp³-hybridized carbons (Fsp3) is 0.708. The molecule has 29 heavy (non-hydrogen) atoms. The minimum atomic E-state index is -2.99. The van der Waals surface area contributed by atoms with E-state index >= 15 is 0 Å². The van der Waals surface area contributed by atoms with Crippen LogP contribution in [-0.2, 0) is 16.3 Å². The Balaban J connectivity index is 1.62. The highest BCUT2D eigenvalue weighted by atomic mass is 32.2. The molecule has 2 rings (SSSR count). The Kier molecular flexibility index (Phi) is 9.19. The zero-order chi connectivity index (χ0) is 21.3. The van der Waals surface area contributed by atoms with E-state index in [1.54, 1.807) is 20.8 Å². The molecule has 1 amide bonds. The average Bonchev–Trinajstić information content (AvgIpc) is 2.67. The first-order valence-corrected chi connectivity index (χ1v) is 13.0. The lowest BCUT2D eigenvalue weighted by Crippen LogP contribution is -2.36. The molecule has 4 nitrogen and oxygen atoms in total. The number of sulfone groups is 1. The van der Waals surface area contributed by atoms with Gasteiger partial charge in [0.05, 0.1) is 10.5 Å². The summed E-state index contributed by atoms with van der Waals surface area (Å²) in [5.74, 6) is 0.342. The molecule has 0 aromatic heterocycles. The largest absolute Gasteiger partial charge is 0.349 e. The lowest BCUT2D eigenvalue weighted by molar-refractivity contribution is 0.0927. The van der Waals surface area contributed by atoms with E-state index < -0.39 is 14.6 Å². The van der Waals surface area contributed by atoms with Gasteiger partial charge in [0, 0.05) is 11.6 Å².